The molecule has 1 N–H and O–H groups in total. The molecule has 0 unspecified atom stereocenters. The van der Waals surface area contributed by atoms with Gasteiger partial charge in [0.2, 0.25) is 11.1 Å². The summed E-state index contributed by atoms with van der Waals surface area (Å²) in [5, 5.41) is 14.9. The molecule has 0 aliphatic rings. The van der Waals surface area contributed by atoms with E-state index in [1.807, 2.05) is 56.3 Å². The van der Waals surface area contributed by atoms with Crippen LogP contribution in [0.5, 0.6) is 5.75 Å². The Balaban J connectivity index is 1.71. The predicted molar refractivity (Wildman–Crippen MR) is 101 cm³/mol. The molecule has 7 nitrogen and oxygen atoms in total. The molecule has 3 rings (SSSR count). The number of methoxy groups -OCH3 is 1. The van der Waals surface area contributed by atoms with Gasteiger partial charge in [0, 0.05) is 11.8 Å². The van der Waals surface area contributed by atoms with Crippen LogP contribution in [0.1, 0.15) is 12.5 Å². The Morgan fingerprint density at radius 2 is 2.04 bits per heavy atom. The molecule has 8 heteroatoms. The summed E-state index contributed by atoms with van der Waals surface area (Å²) in [5.74, 6) is 0.550. The van der Waals surface area contributed by atoms with Gasteiger partial charge in [-0.25, -0.2) is 0 Å². The van der Waals surface area contributed by atoms with E-state index in [-0.39, 0.29) is 11.2 Å². The molecule has 0 fully saturated rings. The van der Waals surface area contributed by atoms with Crippen LogP contribution in [0.15, 0.2) is 53.7 Å². The third-order valence-corrected chi connectivity index (χ3v) is 4.71. The van der Waals surface area contributed by atoms with Crippen molar-refractivity contribution in [2.75, 3.05) is 12.4 Å². The van der Waals surface area contributed by atoms with Crippen LogP contribution in [0, 0.1) is 6.92 Å². The highest BCUT2D eigenvalue weighted by Gasteiger charge is 2.19. The number of thioether (sulfide) groups is 1. The number of hydrogen-bond acceptors (Lipinski definition) is 6. The molecule has 1 atom stereocenters. The molecule has 2 aromatic carbocycles. The van der Waals surface area contributed by atoms with Crippen LogP contribution in [0.4, 0.5) is 5.69 Å². The normalized spacial score (nSPS) is 11.8. The first-order valence-electron chi connectivity index (χ1n) is 8.04. The molecular weight excluding hydrogens is 350 g/mol. The minimum atomic E-state index is -0.379. The summed E-state index contributed by atoms with van der Waals surface area (Å²) >= 11 is 1.30. The number of hydrogen-bond donors (Lipinski definition) is 1. The van der Waals surface area contributed by atoms with Gasteiger partial charge in [0.15, 0.2) is 0 Å². The fourth-order valence-electron chi connectivity index (χ4n) is 2.33. The van der Waals surface area contributed by atoms with Crippen molar-refractivity contribution in [2.24, 2.45) is 0 Å². The van der Waals surface area contributed by atoms with Gasteiger partial charge in [-0.2, -0.15) is 4.68 Å². The summed E-state index contributed by atoms with van der Waals surface area (Å²) in [6.07, 6.45) is 0. The van der Waals surface area contributed by atoms with Gasteiger partial charge in [0.05, 0.1) is 18.0 Å². The van der Waals surface area contributed by atoms with E-state index in [1.54, 1.807) is 17.9 Å². The second kappa shape index (κ2) is 8.01. The molecule has 0 aliphatic carbocycles. The van der Waals surface area contributed by atoms with Gasteiger partial charge in [-0.1, -0.05) is 30.0 Å². The van der Waals surface area contributed by atoms with Crippen molar-refractivity contribution in [3.63, 3.8) is 0 Å². The molecule has 1 heterocycles. The number of nitrogens with one attached hydrogen (secondary N) is 1. The van der Waals surface area contributed by atoms with Crippen LogP contribution < -0.4 is 10.1 Å². The second-order valence-electron chi connectivity index (χ2n) is 5.69. The predicted octanol–water partition coefficient (Wildman–Crippen LogP) is 3.10. The fraction of sp³-hybridized carbons (Fsp3) is 0.222. The van der Waals surface area contributed by atoms with Crippen LogP contribution in [-0.4, -0.2) is 38.5 Å². The number of ether oxygens (including phenoxy) is 1. The van der Waals surface area contributed by atoms with E-state index >= 15 is 0 Å². The molecule has 0 saturated carbocycles. The van der Waals surface area contributed by atoms with Crippen molar-refractivity contribution in [3.8, 4) is 11.4 Å². The van der Waals surface area contributed by atoms with Crippen LogP contribution in [0.2, 0.25) is 0 Å². The van der Waals surface area contributed by atoms with E-state index < -0.39 is 0 Å². The lowest BCUT2D eigenvalue weighted by Gasteiger charge is -2.12. The maximum Gasteiger partial charge on any atom is 0.237 e. The highest BCUT2D eigenvalue weighted by atomic mass is 32.2. The summed E-state index contributed by atoms with van der Waals surface area (Å²) in [7, 11) is 1.59. The highest BCUT2D eigenvalue weighted by molar-refractivity contribution is 8.00. The van der Waals surface area contributed by atoms with Gasteiger partial charge < -0.3 is 10.1 Å². The van der Waals surface area contributed by atoms with Crippen LogP contribution >= 0.6 is 11.8 Å². The monoisotopic (exact) mass is 369 g/mol. The highest BCUT2D eigenvalue weighted by Crippen LogP contribution is 2.25. The molecule has 0 saturated heterocycles. The van der Waals surface area contributed by atoms with E-state index in [0.29, 0.717) is 16.6 Å². The Morgan fingerprint density at radius 1 is 1.23 bits per heavy atom. The van der Waals surface area contributed by atoms with Gasteiger partial charge in [-0.3, -0.25) is 4.79 Å². The minimum Gasteiger partial charge on any atom is -0.497 e. The Kier molecular flexibility index (Phi) is 5.52. The summed E-state index contributed by atoms with van der Waals surface area (Å²) in [4.78, 5) is 12.5. The zero-order chi connectivity index (χ0) is 18.5. The average Bonchev–Trinajstić information content (AvgIpc) is 3.10. The standard InChI is InChI=1S/C18H19N5O2S/c1-12-6-4-8-15(10-12)23-18(20-21-22-23)26-13(2)17(24)19-14-7-5-9-16(11-14)25-3/h4-11,13H,1-3H3,(H,19,24)/t13-/m0/s1. The third-order valence-electron chi connectivity index (χ3n) is 3.68. The molecule has 26 heavy (non-hydrogen) atoms. The van der Waals surface area contributed by atoms with Crippen LogP contribution in [0.3, 0.4) is 0 Å². The number of tetrazole rings is 1. The van der Waals surface area contributed by atoms with Gasteiger partial charge in [0.25, 0.3) is 0 Å². The van der Waals surface area contributed by atoms with Crippen molar-refractivity contribution in [1.29, 1.82) is 0 Å². The fourth-order valence-corrected chi connectivity index (χ4v) is 3.14. The Labute approximate surface area is 155 Å². The molecule has 1 amide bonds. The molecule has 0 aliphatic heterocycles. The third kappa shape index (κ3) is 4.20. The maximum absolute atomic E-state index is 12.5. The number of carbonyl (C=O) groups is 1. The van der Waals surface area contributed by atoms with Gasteiger partial charge in [0.1, 0.15) is 5.75 Å². The van der Waals surface area contributed by atoms with E-state index in [0.717, 1.165) is 11.3 Å². The number of aryl methyl sites for hydroxylation is 1. The second-order valence-corrected chi connectivity index (χ2v) is 7.00. The quantitative estimate of drug-likeness (QED) is 0.673. The lowest BCUT2D eigenvalue weighted by atomic mass is 10.2. The summed E-state index contributed by atoms with van der Waals surface area (Å²) < 4.78 is 6.80. The van der Waals surface area contributed by atoms with E-state index in [1.165, 1.54) is 11.8 Å². The first-order valence-corrected chi connectivity index (χ1v) is 8.92. The smallest absolute Gasteiger partial charge is 0.237 e. The minimum absolute atomic E-state index is 0.137. The number of benzene rings is 2. The Bertz CT molecular complexity index is 912. The summed E-state index contributed by atoms with van der Waals surface area (Å²) in [6, 6.07) is 15.1. The van der Waals surface area contributed by atoms with Gasteiger partial charge in [-0.05, 0) is 54.1 Å². The molecule has 0 bridgehead atoms. The van der Waals surface area contributed by atoms with Crippen molar-refractivity contribution in [3.05, 3.63) is 54.1 Å². The van der Waals surface area contributed by atoms with E-state index in [4.69, 9.17) is 4.74 Å². The van der Waals surface area contributed by atoms with Crippen molar-refractivity contribution in [1.82, 2.24) is 20.2 Å². The number of nitrogens with zero attached hydrogens (tertiary/aromatic N) is 4. The average molecular weight is 369 g/mol. The number of amides is 1. The number of carbonyl (C=O) groups excluding carboxylic acids is 1. The lowest BCUT2D eigenvalue weighted by Crippen LogP contribution is -2.22. The summed E-state index contributed by atoms with van der Waals surface area (Å²) in [6.45, 7) is 3.82. The number of rotatable bonds is 6. The Hall–Kier alpha value is -2.87. The molecule has 0 spiro atoms. The zero-order valence-corrected chi connectivity index (χ0v) is 15.5. The number of aromatic nitrogens is 4. The number of anilines is 1. The SMILES string of the molecule is COc1cccc(NC(=O)[C@H](C)Sc2nnnn2-c2cccc(C)c2)c1. The van der Waals surface area contributed by atoms with Crippen LogP contribution in [0.25, 0.3) is 5.69 Å². The topological polar surface area (TPSA) is 81.9 Å². The molecule has 0 radical (unpaired) electrons. The van der Waals surface area contributed by atoms with Crippen LogP contribution in [-0.2, 0) is 4.79 Å². The largest absolute Gasteiger partial charge is 0.497 e. The lowest BCUT2D eigenvalue weighted by molar-refractivity contribution is -0.115. The van der Waals surface area contributed by atoms with Gasteiger partial charge in [-0.15, -0.1) is 5.10 Å². The van der Waals surface area contributed by atoms with Crippen molar-refractivity contribution >= 4 is 23.4 Å². The van der Waals surface area contributed by atoms with E-state index in [2.05, 4.69) is 20.8 Å². The Morgan fingerprint density at radius 3 is 2.81 bits per heavy atom. The zero-order valence-electron chi connectivity index (χ0n) is 14.7. The van der Waals surface area contributed by atoms with Crippen molar-refractivity contribution < 1.29 is 9.53 Å². The molecular formula is C18H19N5O2S. The first-order chi connectivity index (χ1) is 12.6. The molecule has 3 aromatic rings. The summed E-state index contributed by atoms with van der Waals surface area (Å²) in [5.41, 5.74) is 2.65. The molecule has 134 valence electrons. The first kappa shape index (κ1) is 17.9. The van der Waals surface area contributed by atoms with Gasteiger partial charge >= 0.3 is 0 Å². The van der Waals surface area contributed by atoms with Crippen molar-refractivity contribution in [2.45, 2.75) is 24.3 Å². The van der Waals surface area contributed by atoms with E-state index in [9.17, 15) is 4.79 Å². The maximum atomic E-state index is 12.5. The molecule has 1 aromatic heterocycles.